The number of ether oxygens (including phenoxy) is 1. The molecule has 2 aliphatic rings. The second kappa shape index (κ2) is 5.37. The quantitative estimate of drug-likeness (QED) is 0.797. The number of fused-ring (bicyclic) bond motifs is 3. The third-order valence-corrected chi connectivity index (χ3v) is 5.11. The number of carbonyl (C=O) groups is 2. The summed E-state index contributed by atoms with van der Waals surface area (Å²) < 4.78 is 5.48. The minimum absolute atomic E-state index is 0.133. The topological polar surface area (TPSA) is 46.6 Å². The van der Waals surface area contributed by atoms with Crippen molar-refractivity contribution >= 4 is 22.6 Å². The second-order valence-electron chi connectivity index (χ2n) is 6.44. The molecule has 1 aliphatic heterocycles. The summed E-state index contributed by atoms with van der Waals surface area (Å²) >= 11 is 0. The van der Waals surface area contributed by atoms with Gasteiger partial charge in [-0.05, 0) is 29.7 Å². The Labute approximate surface area is 135 Å². The Bertz CT molecular complexity index is 798. The molecule has 4 heteroatoms. The lowest BCUT2D eigenvalue weighted by Gasteiger charge is -2.39. The molecule has 4 nitrogen and oxygen atoms in total. The average Bonchev–Trinajstić information content (AvgIpc) is 2.57. The van der Waals surface area contributed by atoms with Gasteiger partial charge < -0.3 is 9.64 Å². The van der Waals surface area contributed by atoms with E-state index in [1.54, 1.807) is 11.9 Å². The summed E-state index contributed by atoms with van der Waals surface area (Å²) in [5.74, 6) is 0.725. The number of ketones is 1. The van der Waals surface area contributed by atoms with Gasteiger partial charge in [-0.15, -0.1) is 0 Å². The van der Waals surface area contributed by atoms with Crippen LogP contribution in [0, 0.1) is 5.92 Å². The van der Waals surface area contributed by atoms with Crippen LogP contribution < -0.4 is 4.74 Å². The SMILES string of the molecule is CN1C(=O)Oc2ccc3ccccc3c2C1C1CCCCC1=O. The zero-order chi connectivity index (χ0) is 16.0. The first-order valence-electron chi connectivity index (χ1n) is 8.16. The van der Waals surface area contributed by atoms with E-state index in [4.69, 9.17) is 4.74 Å². The van der Waals surface area contributed by atoms with E-state index < -0.39 is 0 Å². The number of nitrogens with zero attached hydrogens (tertiary/aromatic N) is 1. The van der Waals surface area contributed by atoms with Crippen molar-refractivity contribution < 1.29 is 14.3 Å². The molecule has 2 aromatic rings. The molecule has 1 saturated carbocycles. The van der Waals surface area contributed by atoms with Crippen molar-refractivity contribution in [3.05, 3.63) is 42.0 Å². The molecule has 0 spiro atoms. The number of rotatable bonds is 1. The van der Waals surface area contributed by atoms with Crippen LogP contribution in [0.5, 0.6) is 5.75 Å². The number of Topliss-reactive ketones (excluding diaryl/α,β-unsaturated/α-hetero) is 1. The zero-order valence-corrected chi connectivity index (χ0v) is 13.1. The third kappa shape index (κ3) is 2.21. The number of benzene rings is 2. The van der Waals surface area contributed by atoms with Gasteiger partial charge in [-0.3, -0.25) is 4.79 Å². The van der Waals surface area contributed by atoms with Gasteiger partial charge in [0.25, 0.3) is 0 Å². The molecule has 0 saturated heterocycles. The van der Waals surface area contributed by atoms with Gasteiger partial charge in [0, 0.05) is 24.9 Å². The molecule has 4 rings (SSSR count). The van der Waals surface area contributed by atoms with Crippen LogP contribution in [-0.4, -0.2) is 23.8 Å². The van der Waals surface area contributed by atoms with E-state index in [9.17, 15) is 9.59 Å². The lowest BCUT2D eigenvalue weighted by atomic mass is 9.78. The van der Waals surface area contributed by atoms with E-state index in [1.165, 1.54) is 0 Å². The maximum atomic E-state index is 12.5. The molecule has 0 radical (unpaired) electrons. The molecule has 1 aliphatic carbocycles. The van der Waals surface area contributed by atoms with Gasteiger partial charge in [0.05, 0.1) is 6.04 Å². The molecule has 2 atom stereocenters. The first-order valence-corrected chi connectivity index (χ1v) is 8.16. The molecule has 0 bridgehead atoms. The third-order valence-electron chi connectivity index (χ3n) is 5.11. The highest BCUT2D eigenvalue weighted by atomic mass is 16.6. The van der Waals surface area contributed by atoms with Crippen LogP contribution in [0.1, 0.15) is 37.3 Å². The summed E-state index contributed by atoms with van der Waals surface area (Å²) in [5.41, 5.74) is 0.977. The predicted octanol–water partition coefficient (Wildman–Crippen LogP) is 4.08. The van der Waals surface area contributed by atoms with Crippen molar-refractivity contribution in [2.24, 2.45) is 5.92 Å². The first kappa shape index (κ1) is 14.2. The van der Waals surface area contributed by atoms with Crippen molar-refractivity contribution in [2.75, 3.05) is 7.05 Å². The molecule has 2 aromatic carbocycles. The highest BCUT2D eigenvalue weighted by Crippen LogP contribution is 2.45. The Hall–Kier alpha value is -2.36. The molecule has 23 heavy (non-hydrogen) atoms. The Morgan fingerprint density at radius 1 is 1.09 bits per heavy atom. The van der Waals surface area contributed by atoms with Crippen LogP contribution in [0.3, 0.4) is 0 Å². The van der Waals surface area contributed by atoms with Crippen molar-refractivity contribution in [2.45, 2.75) is 31.7 Å². The van der Waals surface area contributed by atoms with Crippen molar-refractivity contribution in [3.63, 3.8) is 0 Å². The molecule has 0 N–H and O–H groups in total. The standard InChI is InChI=1S/C19H19NO3/c1-20-18(14-8-4-5-9-15(14)21)17-13-7-3-2-6-12(13)10-11-16(17)23-19(20)22/h2-3,6-7,10-11,14,18H,4-5,8-9H2,1H3. The first-order chi connectivity index (χ1) is 11.2. The predicted molar refractivity (Wildman–Crippen MR) is 87.4 cm³/mol. The number of hydrogen-bond donors (Lipinski definition) is 0. The highest BCUT2D eigenvalue weighted by molar-refractivity contribution is 5.92. The number of amides is 1. The summed E-state index contributed by atoms with van der Waals surface area (Å²) in [7, 11) is 1.74. The minimum atomic E-state index is -0.379. The Kier molecular flexibility index (Phi) is 3.33. The van der Waals surface area contributed by atoms with E-state index in [1.807, 2.05) is 36.4 Å². The Balaban J connectivity index is 1.93. The van der Waals surface area contributed by atoms with Crippen molar-refractivity contribution in [3.8, 4) is 5.75 Å². The molecular weight excluding hydrogens is 290 g/mol. The monoisotopic (exact) mass is 309 g/mol. The largest absolute Gasteiger partial charge is 0.415 e. The lowest BCUT2D eigenvalue weighted by Crippen LogP contribution is -2.44. The summed E-state index contributed by atoms with van der Waals surface area (Å²) in [5, 5.41) is 2.17. The van der Waals surface area contributed by atoms with Crippen LogP contribution in [0.4, 0.5) is 4.79 Å². The smallest absolute Gasteiger partial charge is 0.410 e. The summed E-state index contributed by atoms with van der Waals surface area (Å²) in [6.07, 6.45) is 3.07. The fraction of sp³-hybridized carbons (Fsp3) is 0.368. The van der Waals surface area contributed by atoms with Crippen LogP contribution in [0.2, 0.25) is 0 Å². The van der Waals surface area contributed by atoms with E-state index in [0.29, 0.717) is 12.2 Å². The molecule has 1 fully saturated rings. The molecule has 0 aromatic heterocycles. The minimum Gasteiger partial charge on any atom is -0.410 e. The van der Waals surface area contributed by atoms with Crippen molar-refractivity contribution in [1.29, 1.82) is 0 Å². The summed E-state index contributed by atoms with van der Waals surface area (Å²) in [4.78, 5) is 26.4. The normalized spacial score (nSPS) is 24.5. The number of carbonyl (C=O) groups excluding carboxylic acids is 2. The van der Waals surface area contributed by atoms with Gasteiger partial charge >= 0.3 is 6.09 Å². The maximum Gasteiger partial charge on any atom is 0.415 e. The maximum absolute atomic E-state index is 12.5. The van der Waals surface area contributed by atoms with E-state index in [-0.39, 0.29) is 23.8 Å². The molecule has 118 valence electrons. The fourth-order valence-corrected chi connectivity index (χ4v) is 3.96. The molecule has 2 unspecified atom stereocenters. The van der Waals surface area contributed by atoms with Gasteiger partial charge in [0.15, 0.2) is 0 Å². The fourth-order valence-electron chi connectivity index (χ4n) is 3.96. The number of hydrogen-bond acceptors (Lipinski definition) is 3. The van der Waals surface area contributed by atoms with Crippen LogP contribution >= 0.6 is 0 Å². The molecular formula is C19H19NO3. The van der Waals surface area contributed by atoms with Gasteiger partial charge in [-0.2, -0.15) is 0 Å². The molecule has 1 amide bonds. The van der Waals surface area contributed by atoms with Gasteiger partial charge in [-0.25, -0.2) is 4.79 Å². The van der Waals surface area contributed by atoms with Crippen molar-refractivity contribution in [1.82, 2.24) is 4.90 Å². The molecule has 1 heterocycles. The summed E-state index contributed by atoms with van der Waals surface area (Å²) in [6.45, 7) is 0. The zero-order valence-electron chi connectivity index (χ0n) is 13.1. The summed E-state index contributed by atoms with van der Waals surface area (Å²) in [6, 6.07) is 11.7. The van der Waals surface area contributed by atoms with Gasteiger partial charge in [0.2, 0.25) is 0 Å². The van der Waals surface area contributed by atoms with Gasteiger partial charge in [-0.1, -0.05) is 36.8 Å². The van der Waals surface area contributed by atoms with Crippen LogP contribution in [0.25, 0.3) is 10.8 Å². The highest BCUT2D eigenvalue weighted by Gasteiger charge is 2.41. The van der Waals surface area contributed by atoms with E-state index >= 15 is 0 Å². The van der Waals surface area contributed by atoms with Crippen LogP contribution in [0.15, 0.2) is 36.4 Å². The van der Waals surface area contributed by atoms with E-state index in [0.717, 1.165) is 35.6 Å². The Morgan fingerprint density at radius 2 is 1.91 bits per heavy atom. The lowest BCUT2D eigenvalue weighted by molar-refractivity contribution is -0.126. The van der Waals surface area contributed by atoms with Crippen LogP contribution in [-0.2, 0) is 4.79 Å². The van der Waals surface area contributed by atoms with Gasteiger partial charge in [0.1, 0.15) is 11.5 Å². The average molecular weight is 309 g/mol. The Morgan fingerprint density at radius 3 is 2.74 bits per heavy atom. The van der Waals surface area contributed by atoms with E-state index in [2.05, 4.69) is 0 Å². The second-order valence-corrected chi connectivity index (χ2v) is 6.44.